The number of anilines is 1. The maximum Gasteiger partial charge on any atom is 0.410 e. The zero-order chi connectivity index (χ0) is 29.5. The molecule has 4 fully saturated rings. The zero-order valence-corrected chi connectivity index (χ0v) is 23.2. The van der Waals surface area contributed by atoms with Crippen molar-refractivity contribution >= 4 is 34.9 Å². The number of hydrogen-bond acceptors (Lipinski definition) is 11. The number of rotatable bonds is 5. The topological polar surface area (TPSA) is 198 Å². The lowest BCUT2D eigenvalue weighted by Gasteiger charge is -2.31. The van der Waals surface area contributed by atoms with Crippen molar-refractivity contribution in [3.8, 4) is 11.8 Å². The van der Waals surface area contributed by atoms with Gasteiger partial charge in [-0.05, 0) is 37.5 Å². The minimum absolute atomic E-state index is 0.0762. The van der Waals surface area contributed by atoms with E-state index in [1.165, 1.54) is 10.9 Å². The van der Waals surface area contributed by atoms with Gasteiger partial charge in [0, 0.05) is 45.6 Å². The minimum Gasteiger partial charge on any atom is -0.436 e. The summed E-state index contributed by atoms with van der Waals surface area (Å²) in [5, 5.41) is 23.9. The van der Waals surface area contributed by atoms with Gasteiger partial charge in [-0.1, -0.05) is 5.92 Å². The Morgan fingerprint density at radius 2 is 1.90 bits per heavy atom. The Bertz CT molecular complexity index is 1440. The smallest absolute Gasteiger partial charge is 0.410 e. The molecule has 1 aliphatic carbocycles. The molecule has 0 aromatic carbocycles. The van der Waals surface area contributed by atoms with Crippen LogP contribution >= 0.6 is 0 Å². The summed E-state index contributed by atoms with van der Waals surface area (Å²) >= 11 is 0. The summed E-state index contributed by atoms with van der Waals surface area (Å²) in [5.74, 6) is 5.91. The average Bonchev–Trinajstić information content (AvgIpc) is 3.50. The van der Waals surface area contributed by atoms with E-state index in [1.54, 1.807) is 16.8 Å². The number of ether oxygens (including phenoxy) is 2. The highest BCUT2D eigenvalue weighted by Crippen LogP contribution is 2.33. The van der Waals surface area contributed by atoms with E-state index in [-0.39, 0.29) is 40.7 Å². The Kier molecular flexibility index (Phi) is 7.60. The number of carbonyl (C=O) groups is 3. The molecule has 5 heterocycles. The van der Waals surface area contributed by atoms with Crippen LogP contribution in [0.3, 0.4) is 0 Å². The van der Waals surface area contributed by atoms with Crippen LogP contribution in [0.5, 0.6) is 0 Å². The van der Waals surface area contributed by atoms with E-state index in [1.807, 2.05) is 0 Å². The quantitative estimate of drug-likeness (QED) is 0.320. The Balaban J connectivity index is 1.07. The Hall–Kier alpha value is -4.00. The van der Waals surface area contributed by atoms with Gasteiger partial charge in [0.05, 0.1) is 6.33 Å². The van der Waals surface area contributed by atoms with Crippen molar-refractivity contribution in [1.82, 2.24) is 34.6 Å². The molecule has 2 unspecified atom stereocenters. The van der Waals surface area contributed by atoms with Crippen LogP contribution < -0.4 is 11.1 Å². The van der Waals surface area contributed by atoms with Gasteiger partial charge in [0.15, 0.2) is 29.9 Å². The van der Waals surface area contributed by atoms with E-state index >= 15 is 0 Å². The lowest BCUT2D eigenvalue weighted by atomic mass is 9.94. The van der Waals surface area contributed by atoms with Gasteiger partial charge in [0.1, 0.15) is 17.7 Å². The molecule has 6 rings (SSSR count). The van der Waals surface area contributed by atoms with E-state index in [4.69, 9.17) is 15.2 Å². The van der Waals surface area contributed by atoms with E-state index in [9.17, 15) is 24.6 Å². The number of nitrogens with zero attached hydrogens (tertiary/aromatic N) is 6. The monoisotopic (exact) mass is 582 g/mol. The SMILES string of the molecule is CN1CCC(OC(=O)N2CCC(CC#Cc3nc(N)c4ncn([C@@H]5O[C@H](C(=O)NC6CC6)[C@H](O)C5O)c4n3)CC2)C1=O. The van der Waals surface area contributed by atoms with Gasteiger partial charge in [-0.3, -0.25) is 14.2 Å². The van der Waals surface area contributed by atoms with Gasteiger partial charge >= 0.3 is 6.09 Å². The number of nitrogens with one attached hydrogen (secondary N) is 1. The number of imidazole rings is 1. The molecule has 2 aromatic rings. The maximum absolute atomic E-state index is 12.5. The second-order valence-corrected chi connectivity index (χ2v) is 11.3. The molecule has 5 atom stereocenters. The van der Waals surface area contributed by atoms with Crippen molar-refractivity contribution in [2.24, 2.45) is 5.92 Å². The number of hydrogen-bond donors (Lipinski definition) is 4. The minimum atomic E-state index is -1.43. The van der Waals surface area contributed by atoms with Gasteiger partial charge in [0.25, 0.3) is 11.8 Å². The molecule has 2 aromatic heterocycles. The molecular formula is C27H34N8O7. The molecule has 224 valence electrons. The number of fused-ring (bicyclic) bond motifs is 1. The van der Waals surface area contributed by atoms with E-state index < -0.39 is 42.6 Å². The van der Waals surface area contributed by atoms with Crippen LogP contribution in [0.15, 0.2) is 6.33 Å². The number of nitrogen functional groups attached to an aromatic ring is 1. The number of amides is 3. The molecule has 5 N–H and O–H groups in total. The van der Waals surface area contributed by atoms with Crippen molar-refractivity contribution in [3.05, 3.63) is 12.2 Å². The third-order valence-corrected chi connectivity index (χ3v) is 8.23. The number of aliphatic hydroxyl groups excluding tert-OH is 2. The Morgan fingerprint density at radius 1 is 1.14 bits per heavy atom. The number of likely N-dealkylation sites (tertiary alicyclic amines) is 2. The highest BCUT2D eigenvalue weighted by molar-refractivity contribution is 5.85. The summed E-state index contributed by atoms with van der Waals surface area (Å²) < 4.78 is 12.6. The van der Waals surface area contributed by atoms with Crippen molar-refractivity contribution in [2.45, 2.75) is 75.2 Å². The highest BCUT2D eigenvalue weighted by atomic mass is 16.6. The third-order valence-electron chi connectivity index (χ3n) is 8.23. The number of nitrogens with two attached hydrogens (primary N) is 1. The maximum atomic E-state index is 12.5. The predicted molar refractivity (Wildman–Crippen MR) is 145 cm³/mol. The Morgan fingerprint density at radius 3 is 2.60 bits per heavy atom. The van der Waals surface area contributed by atoms with Gasteiger partial charge in [0.2, 0.25) is 5.82 Å². The summed E-state index contributed by atoms with van der Waals surface area (Å²) in [6.45, 7) is 1.62. The molecule has 0 spiro atoms. The lowest BCUT2D eigenvalue weighted by molar-refractivity contribution is -0.137. The molecule has 4 aliphatic rings. The van der Waals surface area contributed by atoms with Gasteiger partial charge < -0.3 is 40.5 Å². The summed E-state index contributed by atoms with van der Waals surface area (Å²) in [5.41, 5.74) is 6.65. The fourth-order valence-corrected chi connectivity index (χ4v) is 5.49. The molecule has 3 amide bonds. The van der Waals surface area contributed by atoms with Crippen molar-refractivity contribution in [1.29, 1.82) is 0 Å². The van der Waals surface area contributed by atoms with Crippen molar-refractivity contribution in [2.75, 3.05) is 32.4 Å². The first kappa shape index (κ1) is 28.1. The first-order valence-corrected chi connectivity index (χ1v) is 14.2. The molecule has 3 saturated heterocycles. The summed E-state index contributed by atoms with van der Waals surface area (Å²) in [4.78, 5) is 53.1. The van der Waals surface area contributed by atoms with Gasteiger partial charge in [-0.25, -0.2) is 19.7 Å². The van der Waals surface area contributed by atoms with Crippen LogP contribution in [0, 0.1) is 17.8 Å². The van der Waals surface area contributed by atoms with Gasteiger partial charge in [-0.15, -0.1) is 0 Å². The molecule has 15 heteroatoms. The van der Waals surface area contributed by atoms with Crippen LogP contribution in [-0.4, -0.2) is 115 Å². The molecule has 0 bridgehead atoms. The molecule has 3 aliphatic heterocycles. The first-order valence-electron chi connectivity index (χ1n) is 14.2. The zero-order valence-electron chi connectivity index (χ0n) is 23.2. The molecular weight excluding hydrogens is 548 g/mol. The number of piperidine rings is 1. The highest BCUT2D eigenvalue weighted by Gasteiger charge is 2.48. The molecule has 0 radical (unpaired) electrons. The fourth-order valence-electron chi connectivity index (χ4n) is 5.49. The van der Waals surface area contributed by atoms with Crippen LogP contribution in [0.2, 0.25) is 0 Å². The first-order chi connectivity index (χ1) is 20.2. The van der Waals surface area contributed by atoms with Crippen molar-refractivity contribution < 1.29 is 34.1 Å². The van der Waals surface area contributed by atoms with Crippen LogP contribution in [0.25, 0.3) is 11.2 Å². The second kappa shape index (κ2) is 11.3. The number of aliphatic hydroxyl groups is 2. The van der Waals surface area contributed by atoms with Crippen LogP contribution in [0.4, 0.5) is 10.6 Å². The van der Waals surface area contributed by atoms with Crippen LogP contribution in [0.1, 0.15) is 50.6 Å². The molecule has 42 heavy (non-hydrogen) atoms. The third kappa shape index (κ3) is 5.57. The predicted octanol–water partition coefficient (Wildman–Crippen LogP) is -0.873. The van der Waals surface area contributed by atoms with E-state index in [2.05, 4.69) is 32.1 Å². The largest absolute Gasteiger partial charge is 0.436 e. The lowest BCUT2D eigenvalue weighted by Crippen LogP contribution is -2.43. The van der Waals surface area contributed by atoms with Gasteiger partial charge in [-0.2, -0.15) is 0 Å². The second-order valence-electron chi connectivity index (χ2n) is 11.3. The van der Waals surface area contributed by atoms with E-state index in [0.29, 0.717) is 32.5 Å². The number of aromatic nitrogens is 4. The molecule has 15 nitrogen and oxygen atoms in total. The standard InChI is InChI=1S/C27H34N8O7/c1-33-10-9-16(25(33)39)41-27(40)34-11-7-14(8-12-34)3-2-4-17-31-22(28)18-23(32-17)35(13-29-18)26-20(37)19(36)21(42-26)24(38)30-15-5-6-15/h13-16,19-21,26,36-37H,3,5-12H2,1H3,(H,30,38)(H2,28,31,32)/t16?,19-,20?,21+,26-/m1/s1. The summed E-state index contributed by atoms with van der Waals surface area (Å²) in [6, 6.07) is 0.0762. The molecule has 1 saturated carbocycles. The van der Waals surface area contributed by atoms with E-state index in [0.717, 1.165) is 25.7 Å². The summed E-state index contributed by atoms with van der Waals surface area (Å²) in [6.07, 6.45) is -0.645. The number of likely N-dealkylation sites (N-methyl/N-ethyl adjacent to an activating group) is 1. The Labute approximate surface area is 241 Å². The fraction of sp³-hybridized carbons (Fsp3) is 0.630. The normalized spacial score (nSPS) is 28.2. The average molecular weight is 583 g/mol. The van der Waals surface area contributed by atoms with Crippen LogP contribution in [-0.2, 0) is 19.1 Å². The van der Waals surface area contributed by atoms with Crippen molar-refractivity contribution in [3.63, 3.8) is 0 Å². The number of carbonyl (C=O) groups excluding carboxylic acids is 3. The summed E-state index contributed by atoms with van der Waals surface area (Å²) in [7, 11) is 1.70.